The Labute approximate surface area is 117 Å². The molecule has 0 amide bonds. The molecule has 18 heavy (non-hydrogen) atoms. The maximum Gasteiger partial charge on any atom is 0.0706 e. The number of fused-ring (bicyclic) bond motifs is 1. The van der Waals surface area contributed by atoms with Crippen molar-refractivity contribution >= 4 is 26.8 Å². The summed E-state index contributed by atoms with van der Waals surface area (Å²) in [4.78, 5) is 4.68. The fourth-order valence-electron chi connectivity index (χ4n) is 1.87. The van der Waals surface area contributed by atoms with Crippen LogP contribution in [-0.2, 0) is 6.42 Å². The summed E-state index contributed by atoms with van der Waals surface area (Å²) in [7, 11) is 0. The van der Waals surface area contributed by atoms with Crippen molar-refractivity contribution in [1.82, 2.24) is 10.3 Å². The van der Waals surface area contributed by atoms with Gasteiger partial charge >= 0.3 is 0 Å². The lowest BCUT2D eigenvalue weighted by molar-refractivity contribution is 0.535. The molecule has 1 unspecified atom stereocenters. The van der Waals surface area contributed by atoms with Gasteiger partial charge < -0.3 is 5.32 Å². The molecular formula is C15H19BrN2. The third kappa shape index (κ3) is 3.53. The van der Waals surface area contributed by atoms with Gasteiger partial charge in [-0.3, -0.25) is 4.98 Å². The van der Waals surface area contributed by atoms with E-state index >= 15 is 0 Å². The molecule has 0 bridgehead atoms. The van der Waals surface area contributed by atoms with Crippen LogP contribution < -0.4 is 5.32 Å². The molecule has 1 heterocycles. The number of nitrogens with one attached hydrogen (secondary N) is 1. The Morgan fingerprint density at radius 3 is 2.89 bits per heavy atom. The zero-order chi connectivity index (χ0) is 13.0. The average molecular weight is 307 g/mol. The Morgan fingerprint density at radius 2 is 2.11 bits per heavy atom. The van der Waals surface area contributed by atoms with Gasteiger partial charge in [0, 0.05) is 34.6 Å². The highest BCUT2D eigenvalue weighted by molar-refractivity contribution is 9.10. The lowest BCUT2D eigenvalue weighted by Gasteiger charge is -2.10. The summed E-state index contributed by atoms with van der Waals surface area (Å²) < 4.78 is 1.10. The fourth-order valence-corrected chi connectivity index (χ4v) is 2.25. The second kappa shape index (κ2) is 6.30. The van der Waals surface area contributed by atoms with E-state index in [2.05, 4.69) is 64.3 Å². The standard InChI is InChI=1S/C15H19BrN2/c1-3-11(2)17-9-8-14-6-4-12-10-13(16)5-7-15(12)18-14/h4-7,10-11,17H,3,8-9H2,1-2H3. The van der Waals surface area contributed by atoms with Crippen LogP contribution in [0.4, 0.5) is 0 Å². The van der Waals surface area contributed by atoms with Crippen LogP contribution in [-0.4, -0.2) is 17.6 Å². The quantitative estimate of drug-likeness (QED) is 0.905. The number of halogens is 1. The van der Waals surface area contributed by atoms with Gasteiger partial charge in [0.05, 0.1) is 5.52 Å². The van der Waals surface area contributed by atoms with Crippen molar-refractivity contribution in [2.45, 2.75) is 32.7 Å². The predicted octanol–water partition coefficient (Wildman–Crippen LogP) is 3.93. The molecule has 0 spiro atoms. The van der Waals surface area contributed by atoms with Gasteiger partial charge in [-0.1, -0.05) is 28.9 Å². The van der Waals surface area contributed by atoms with Gasteiger partial charge in [-0.2, -0.15) is 0 Å². The SMILES string of the molecule is CCC(C)NCCc1ccc2cc(Br)ccc2n1. The highest BCUT2D eigenvalue weighted by Crippen LogP contribution is 2.18. The number of benzene rings is 1. The van der Waals surface area contributed by atoms with E-state index in [-0.39, 0.29) is 0 Å². The Kier molecular flexibility index (Phi) is 4.72. The third-order valence-electron chi connectivity index (χ3n) is 3.20. The number of hydrogen-bond donors (Lipinski definition) is 1. The van der Waals surface area contributed by atoms with Crippen molar-refractivity contribution in [2.24, 2.45) is 0 Å². The van der Waals surface area contributed by atoms with Crippen LogP contribution in [0.25, 0.3) is 10.9 Å². The van der Waals surface area contributed by atoms with Crippen LogP contribution in [0.5, 0.6) is 0 Å². The highest BCUT2D eigenvalue weighted by Gasteiger charge is 2.01. The molecule has 0 fully saturated rings. The molecule has 2 rings (SSSR count). The molecule has 1 aromatic heterocycles. The van der Waals surface area contributed by atoms with Crippen molar-refractivity contribution in [1.29, 1.82) is 0 Å². The van der Waals surface area contributed by atoms with Gasteiger partial charge in [0.25, 0.3) is 0 Å². The van der Waals surface area contributed by atoms with Crippen molar-refractivity contribution in [2.75, 3.05) is 6.54 Å². The molecule has 3 heteroatoms. The Bertz CT molecular complexity index is 525. The summed E-state index contributed by atoms with van der Waals surface area (Å²) in [5, 5.41) is 4.67. The third-order valence-corrected chi connectivity index (χ3v) is 3.69. The van der Waals surface area contributed by atoms with Crippen LogP contribution in [0.15, 0.2) is 34.8 Å². The van der Waals surface area contributed by atoms with E-state index in [1.54, 1.807) is 0 Å². The number of rotatable bonds is 5. The first kappa shape index (κ1) is 13.5. The number of aromatic nitrogens is 1. The lowest BCUT2D eigenvalue weighted by atomic mass is 10.1. The Morgan fingerprint density at radius 1 is 1.28 bits per heavy atom. The van der Waals surface area contributed by atoms with E-state index in [4.69, 9.17) is 0 Å². The molecule has 1 N–H and O–H groups in total. The molecule has 0 aliphatic rings. The van der Waals surface area contributed by atoms with Gasteiger partial charge in [-0.25, -0.2) is 0 Å². The minimum Gasteiger partial charge on any atom is -0.314 e. The van der Waals surface area contributed by atoms with Crippen LogP contribution >= 0.6 is 15.9 Å². The molecule has 2 nitrogen and oxygen atoms in total. The summed E-state index contributed by atoms with van der Waals surface area (Å²) >= 11 is 3.48. The number of pyridine rings is 1. The molecule has 0 saturated heterocycles. The molecular weight excluding hydrogens is 288 g/mol. The molecule has 96 valence electrons. The van der Waals surface area contributed by atoms with Crippen molar-refractivity contribution < 1.29 is 0 Å². The van der Waals surface area contributed by atoms with Gasteiger partial charge in [0.1, 0.15) is 0 Å². The minimum absolute atomic E-state index is 0.585. The van der Waals surface area contributed by atoms with Crippen molar-refractivity contribution in [3.8, 4) is 0 Å². The second-order valence-corrected chi connectivity index (χ2v) is 5.57. The maximum atomic E-state index is 4.68. The van der Waals surface area contributed by atoms with E-state index in [1.807, 2.05) is 6.07 Å². The average Bonchev–Trinajstić information content (AvgIpc) is 2.38. The molecule has 0 saturated carbocycles. The highest BCUT2D eigenvalue weighted by atomic mass is 79.9. The van der Waals surface area contributed by atoms with Gasteiger partial charge in [0.15, 0.2) is 0 Å². The van der Waals surface area contributed by atoms with E-state index in [1.165, 1.54) is 11.8 Å². The van der Waals surface area contributed by atoms with E-state index in [0.29, 0.717) is 6.04 Å². The molecule has 0 aliphatic heterocycles. The lowest BCUT2D eigenvalue weighted by Crippen LogP contribution is -2.27. The van der Waals surface area contributed by atoms with E-state index < -0.39 is 0 Å². The predicted molar refractivity (Wildman–Crippen MR) is 80.9 cm³/mol. The first-order chi connectivity index (χ1) is 8.69. The molecule has 0 radical (unpaired) electrons. The van der Waals surface area contributed by atoms with Crippen LogP contribution in [0.2, 0.25) is 0 Å². The van der Waals surface area contributed by atoms with E-state index in [0.717, 1.165) is 28.6 Å². The number of hydrogen-bond acceptors (Lipinski definition) is 2. The van der Waals surface area contributed by atoms with Gasteiger partial charge in [0.2, 0.25) is 0 Å². The molecule has 1 aromatic carbocycles. The topological polar surface area (TPSA) is 24.9 Å². The summed E-state index contributed by atoms with van der Waals surface area (Å²) in [5.41, 5.74) is 2.22. The maximum absolute atomic E-state index is 4.68. The van der Waals surface area contributed by atoms with Crippen molar-refractivity contribution in [3.63, 3.8) is 0 Å². The minimum atomic E-state index is 0.585. The zero-order valence-electron chi connectivity index (χ0n) is 10.9. The summed E-state index contributed by atoms with van der Waals surface area (Å²) in [5.74, 6) is 0. The Balaban J connectivity index is 2.04. The summed E-state index contributed by atoms with van der Waals surface area (Å²) in [6.07, 6.45) is 2.15. The smallest absolute Gasteiger partial charge is 0.0706 e. The number of nitrogens with zero attached hydrogens (tertiary/aromatic N) is 1. The fraction of sp³-hybridized carbons (Fsp3) is 0.400. The Hall–Kier alpha value is -0.930. The van der Waals surface area contributed by atoms with Crippen molar-refractivity contribution in [3.05, 3.63) is 40.5 Å². The summed E-state index contributed by atoms with van der Waals surface area (Å²) in [6, 6.07) is 11.0. The largest absolute Gasteiger partial charge is 0.314 e. The second-order valence-electron chi connectivity index (χ2n) is 4.65. The van der Waals surface area contributed by atoms with Crippen LogP contribution in [0, 0.1) is 0 Å². The van der Waals surface area contributed by atoms with Gasteiger partial charge in [-0.05, 0) is 37.6 Å². The van der Waals surface area contributed by atoms with Crippen LogP contribution in [0.1, 0.15) is 26.0 Å². The zero-order valence-corrected chi connectivity index (χ0v) is 12.5. The molecule has 1 atom stereocenters. The monoisotopic (exact) mass is 306 g/mol. The van der Waals surface area contributed by atoms with Gasteiger partial charge in [-0.15, -0.1) is 0 Å². The summed E-state index contributed by atoms with van der Waals surface area (Å²) in [6.45, 7) is 5.40. The van der Waals surface area contributed by atoms with E-state index in [9.17, 15) is 0 Å². The first-order valence-electron chi connectivity index (χ1n) is 6.47. The normalized spacial score (nSPS) is 12.8. The van der Waals surface area contributed by atoms with Crippen LogP contribution in [0.3, 0.4) is 0 Å². The molecule has 0 aliphatic carbocycles. The molecule has 2 aromatic rings. The first-order valence-corrected chi connectivity index (χ1v) is 7.27.